The number of esters is 1. The highest BCUT2D eigenvalue weighted by Gasteiger charge is 2.34. The van der Waals surface area contributed by atoms with Gasteiger partial charge in [-0.2, -0.15) is 0 Å². The molecule has 0 saturated heterocycles. The van der Waals surface area contributed by atoms with Crippen molar-refractivity contribution in [2.24, 2.45) is 11.3 Å². The van der Waals surface area contributed by atoms with Gasteiger partial charge < -0.3 is 20.0 Å². The van der Waals surface area contributed by atoms with Crippen LogP contribution in [0.4, 0.5) is 5.00 Å². The number of thiophene rings is 1. The number of nitrogens with one attached hydrogen (secondary N) is 1. The van der Waals surface area contributed by atoms with Crippen LogP contribution < -0.4 is 10.4 Å². The second-order valence-corrected chi connectivity index (χ2v) is 8.48. The van der Waals surface area contributed by atoms with Crippen molar-refractivity contribution in [1.29, 1.82) is 0 Å². The van der Waals surface area contributed by atoms with Crippen LogP contribution in [0.15, 0.2) is 12.2 Å². The third-order valence-electron chi connectivity index (χ3n) is 4.58. The Bertz CT molecular complexity index is 742. The van der Waals surface area contributed by atoms with Gasteiger partial charge in [-0.25, -0.2) is 4.79 Å². The Hall–Kier alpha value is -2.15. The maximum Gasteiger partial charge on any atom is 0.341 e. The van der Waals surface area contributed by atoms with E-state index in [9.17, 15) is 19.5 Å². The Kier molecular flexibility index (Phi) is 6.23. The predicted octanol–water partition coefficient (Wildman–Crippen LogP) is 2.32. The summed E-state index contributed by atoms with van der Waals surface area (Å²) in [4.78, 5) is 35.9. The van der Waals surface area contributed by atoms with Crippen LogP contribution in [0.5, 0.6) is 0 Å². The zero-order chi connectivity index (χ0) is 19.5. The number of carboxylic acid groups (broad SMARTS) is 1. The van der Waals surface area contributed by atoms with Gasteiger partial charge in [-0.3, -0.25) is 4.79 Å². The molecule has 7 heteroatoms. The average molecular weight is 378 g/mol. The highest BCUT2D eigenvalue weighted by molar-refractivity contribution is 7.17. The second-order valence-electron chi connectivity index (χ2n) is 7.38. The molecule has 142 valence electrons. The van der Waals surface area contributed by atoms with E-state index in [1.165, 1.54) is 11.3 Å². The van der Waals surface area contributed by atoms with Crippen LogP contribution in [0, 0.1) is 11.3 Å². The molecule has 0 spiro atoms. The van der Waals surface area contributed by atoms with Crippen molar-refractivity contribution in [2.75, 3.05) is 11.9 Å². The lowest BCUT2D eigenvalue weighted by atomic mass is 9.72. The molecule has 0 aliphatic heterocycles. The zero-order valence-electron chi connectivity index (χ0n) is 15.5. The van der Waals surface area contributed by atoms with Crippen LogP contribution in [0.25, 0.3) is 0 Å². The van der Waals surface area contributed by atoms with Crippen LogP contribution >= 0.6 is 11.3 Å². The summed E-state index contributed by atoms with van der Waals surface area (Å²) >= 11 is 1.37. The molecule has 2 rings (SSSR count). The lowest BCUT2D eigenvalue weighted by Crippen LogP contribution is -2.26. The molecule has 0 saturated carbocycles. The number of hydrogen-bond acceptors (Lipinski definition) is 6. The number of rotatable bonds is 5. The van der Waals surface area contributed by atoms with Crippen molar-refractivity contribution < 1.29 is 24.2 Å². The number of carboxylic acids is 1. The normalized spacial score (nSPS) is 17.0. The lowest BCUT2D eigenvalue weighted by molar-refractivity contribution is -0.297. The number of amides is 1. The van der Waals surface area contributed by atoms with E-state index < -0.39 is 17.8 Å². The summed E-state index contributed by atoms with van der Waals surface area (Å²) in [7, 11) is 0. The lowest BCUT2D eigenvalue weighted by Gasteiger charge is -2.33. The molecule has 6 nitrogen and oxygen atoms in total. The average Bonchev–Trinajstić information content (AvgIpc) is 2.89. The first-order valence-corrected chi connectivity index (χ1v) is 9.46. The monoisotopic (exact) mass is 378 g/mol. The second kappa shape index (κ2) is 8.03. The van der Waals surface area contributed by atoms with Gasteiger partial charge in [0.1, 0.15) is 5.00 Å². The number of hydrogen-bond donors (Lipinski definition) is 1. The number of aliphatic carboxylic acids is 1. The molecular weight excluding hydrogens is 354 g/mol. The van der Waals surface area contributed by atoms with Crippen molar-refractivity contribution >= 4 is 34.2 Å². The quantitative estimate of drug-likeness (QED) is 0.627. The molecule has 26 heavy (non-hydrogen) atoms. The highest BCUT2D eigenvalue weighted by Crippen LogP contribution is 2.44. The largest absolute Gasteiger partial charge is 0.545 e. The summed E-state index contributed by atoms with van der Waals surface area (Å²) in [6.07, 6.45) is 4.11. The molecule has 0 aromatic carbocycles. The van der Waals surface area contributed by atoms with Gasteiger partial charge in [0.25, 0.3) is 0 Å². The molecule has 0 bridgehead atoms. The Morgan fingerprint density at radius 3 is 2.58 bits per heavy atom. The SMILES string of the molecule is CCOC(=O)c1c(NC(=O)/C=C/C(=O)[O-])sc2c1CC[C@@H](C(C)(C)C)C2. The number of carbonyl (C=O) groups excluding carboxylic acids is 3. The molecule has 1 aromatic rings. The fourth-order valence-corrected chi connectivity index (χ4v) is 4.45. The van der Waals surface area contributed by atoms with Crippen LogP contribution in [0.2, 0.25) is 0 Å². The van der Waals surface area contributed by atoms with Crippen molar-refractivity contribution in [3.05, 3.63) is 28.2 Å². The van der Waals surface area contributed by atoms with Gasteiger partial charge in [-0.15, -0.1) is 11.3 Å². The third-order valence-corrected chi connectivity index (χ3v) is 5.75. The molecule has 0 unspecified atom stereocenters. The topological polar surface area (TPSA) is 95.5 Å². The summed E-state index contributed by atoms with van der Waals surface area (Å²) in [6, 6.07) is 0. The van der Waals surface area contributed by atoms with Gasteiger partial charge in [-0.05, 0) is 49.2 Å². The predicted molar refractivity (Wildman–Crippen MR) is 98.0 cm³/mol. The standard InChI is InChI=1S/C19H25NO5S/c1-5-25-18(24)16-12-7-6-11(19(2,3)4)10-13(12)26-17(16)20-14(21)8-9-15(22)23/h8-9,11H,5-7,10H2,1-4H3,(H,20,21)(H,22,23)/p-1/b9-8+/t11-/m1/s1. The van der Waals surface area contributed by atoms with E-state index in [1.54, 1.807) is 6.92 Å². The first kappa shape index (κ1) is 20.2. The van der Waals surface area contributed by atoms with Crippen molar-refractivity contribution in [2.45, 2.75) is 47.0 Å². The first-order chi connectivity index (χ1) is 12.1. The van der Waals surface area contributed by atoms with Crippen molar-refractivity contribution in [3.63, 3.8) is 0 Å². The van der Waals surface area contributed by atoms with E-state index in [1.807, 2.05) is 0 Å². The Labute approximate surface area is 157 Å². The molecule has 1 atom stereocenters. The molecular formula is C19H24NO5S-. The Morgan fingerprint density at radius 1 is 1.31 bits per heavy atom. The number of carbonyl (C=O) groups is 3. The van der Waals surface area contributed by atoms with E-state index >= 15 is 0 Å². The summed E-state index contributed by atoms with van der Waals surface area (Å²) in [5.41, 5.74) is 1.49. The summed E-state index contributed by atoms with van der Waals surface area (Å²) in [5.74, 6) is -2.04. The maximum absolute atomic E-state index is 12.4. The van der Waals surface area contributed by atoms with Crippen LogP contribution in [-0.4, -0.2) is 24.5 Å². The van der Waals surface area contributed by atoms with Crippen molar-refractivity contribution in [1.82, 2.24) is 0 Å². The van der Waals surface area contributed by atoms with Gasteiger partial charge in [-0.1, -0.05) is 20.8 Å². The fraction of sp³-hybridized carbons (Fsp3) is 0.526. The number of anilines is 1. The molecule has 1 N–H and O–H groups in total. The minimum absolute atomic E-state index is 0.159. The molecule has 0 fully saturated rings. The molecule has 1 amide bonds. The third kappa shape index (κ3) is 4.72. The number of ether oxygens (including phenoxy) is 1. The molecule has 1 aromatic heterocycles. The van der Waals surface area contributed by atoms with Gasteiger partial charge in [0, 0.05) is 11.0 Å². The van der Waals surface area contributed by atoms with Crippen LogP contribution in [-0.2, 0) is 27.2 Å². The molecule has 0 radical (unpaired) electrons. The Morgan fingerprint density at radius 2 is 2.00 bits per heavy atom. The minimum atomic E-state index is -1.45. The highest BCUT2D eigenvalue weighted by atomic mass is 32.1. The first-order valence-electron chi connectivity index (χ1n) is 8.65. The summed E-state index contributed by atoms with van der Waals surface area (Å²) < 4.78 is 5.16. The van der Waals surface area contributed by atoms with Crippen LogP contribution in [0.3, 0.4) is 0 Å². The van der Waals surface area contributed by atoms with E-state index in [0.717, 1.165) is 35.8 Å². The fourth-order valence-electron chi connectivity index (χ4n) is 3.13. The van der Waals surface area contributed by atoms with Gasteiger partial charge in [0.2, 0.25) is 5.91 Å². The van der Waals surface area contributed by atoms with E-state index in [-0.39, 0.29) is 12.0 Å². The summed E-state index contributed by atoms with van der Waals surface area (Å²) in [6.45, 7) is 8.58. The molecule has 1 aliphatic rings. The minimum Gasteiger partial charge on any atom is -0.545 e. The maximum atomic E-state index is 12.4. The van der Waals surface area contributed by atoms with Gasteiger partial charge in [0.05, 0.1) is 18.1 Å². The Balaban J connectivity index is 2.35. The van der Waals surface area contributed by atoms with Gasteiger partial charge in [0.15, 0.2) is 0 Å². The molecule has 1 heterocycles. The summed E-state index contributed by atoms with van der Waals surface area (Å²) in [5, 5.41) is 13.5. The number of fused-ring (bicyclic) bond motifs is 1. The van der Waals surface area contributed by atoms with E-state index in [0.29, 0.717) is 22.6 Å². The van der Waals surface area contributed by atoms with E-state index in [2.05, 4.69) is 26.1 Å². The van der Waals surface area contributed by atoms with Crippen molar-refractivity contribution in [3.8, 4) is 0 Å². The zero-order valence-corrected chi connectivity index (χ0v) is 16.3. The van der Waals surface area contributed by atoms with Crippen LogP contribution in [0.1, 0.15) is 54.9 Å². The van der Waals surface area contributed by atoms with Gasteiger partial charge >= 0.3 is 5.97 Å². The van der Waals surface area contributed by atoms with E-state index in [4.69, 9.17) is 4.74 Å². The smallest absolute Gasteiger partial charge is 0.341 e. The molecule has 1 aliphatic carbocycles.